The van der Waals surface area contributed by atoms with E-state index < -0.39 is 5.97 Å². The maximum atomic E-state index is 12.4. The first-order valence-electron chi connectivity index (χ1n) is 8.74. The average molecular weight is 354 g/mol. The molecular formula is C19H22N4O3. The zero-order valence-corrected chi connectivity index (χ0v) is 14.7. The molecule has 7 nitrogen and oxygen atoms in total. The molecule has 1 aliphatic rings. The lowest BCUT2D eigenvalue weighted by atomic mass is 9.95. The van der Waals surface area contributed by atoms with E-state index in [-0.39, 0.29) is 11.6 Å². The van der Waals surface area contributed by atoms with E-state index in [0.717, 1.165) is 12.8 Å². The fourth-order valence-corrected chi connectivity index (χ4v) is 3.02. The molecule has 0 unspecified atom stereocenters. The molecule has 7 heteroatoms. The normalized spacial score (nSPS) is 14.5. The van der Waals surface area contributed by atoms with Gasteiger partial charge in [0, 0.05) is 17.8 Å². The number of benzene rings is 1. The molecule has 1 saturated carbocycles. The number of ether oxygens (including phenoxy) is 1. The Morgan fingerprint density at radius 2 is 1.81 bits per heavy atom. The van der Waals surface area contributed by atoms with Crippen LogP contribution in [-0.2, 0) is 4.74 Å². The van der Waals surface area contributed by atoms with E-state index in [1.54, 1.807) is 30.3 Å². The number of rotatable bonds is 5. The monoisotopic (exact) mass is 354 g/mol. The molecule has 1 fully saturated rings. The first kappa shape index (κ1) is 17.8. The second-order valence-electron chi connectivity index (χ2n) is 6.29. The molecule has 1 aliphatic carbocycles. The summed E-state index contributed by atoms with van der Waals surface area (Å²) in [7, 11) is 1.33. The predicted molar refractivity (Wildman–Crippen MR) is 98.3 cm³/mol. The van der Waals surface area contributed by atoms with Gasteiger partial charge in [0.15, 0.2) is 0 Å². The van der Waals surface area contributed by atoms with Gasteiger partial charge in [-0.25, -0.2) is 14.8 Å². The van der Waals surface area contributed by atoms with Gasteiger partial charge in [0.05, 0.1) is 12.7 Å². The highest BCUT2D eigenvalue weighted by atomic mass is 16.5. The highest BCUT2D eigenvalue weighted by molar-refractivity contribution is 6.03. The van der Waals surface area contributed by atoms with Crippen LogP contribution in [0.4, 0.5) is 11.5 Å². The molecule has 1 aromatic carbocycles. The number of methoxy groups -OCH3 is 1. The van der Waals surface area contributed by atoms with Crippen molar-refractivity contribution in [3.63, 3.8) is 0 Å². The van der Waals surface area contributed by atoms with Crippen LogP contribution in [0, 0.1) is 0 Å². The Labute approximate surface area is 152 Å². The van der Waals surface area contributed by atoms with Crippen LogP contribution in [0.25, 0.3) is 0 Å². The summed E-state index contributed by atoms with van der Waals surface area (Å²) in [6.45, 7) is 0. The average Bonchev–Trinajstić information content (AvgIpc) is 2.69. The van der Waals surface area contributed by atoms with Crippen molar-refractivity contribution in [2.24, 2.45) is 0 Å². The fourth-order valence-electron chi connectivity index (χ4n) is 3.02. The van der Waals surface area contributed by atoms with Crippen LogP contribution < -0.4 is 10.6 Å². The van der Waals surface area contributed by atoms with Crippen molar-refractivity contribution in [3.8, 4) is 0 Å². The lowest BCUT2D eigenvalue weighted by Crippen LogP contribution is -2.23. The Kier molecular flexibility index (Phi) is 5.78. The van der Waals surface area contributed by atoms with E-state index >= 15 is 0 Å². The number of hydrogen-bond donors (Lipinski definition) is 2. The number of carbonyl (C=O) groups excluding carboxylic acids is 2. The first-order chi connectivity index (χ1) is 12.7. The van der Waals surface area contributed by atoms with Gasteiger partial charge in [0.1, 0.15) is 17.8 Å². The summed E-state index contributed by atoms with van der Waals surface area (Å²) in [5, 5.41) is 6.15. The number of nitrogens with zero attached hydrogens (tertiary/aromatic N) is 2. The van der Waals surface area contributed by atoms with Crippen molar-refractivity contribution >= 4 is 23.4 Å². The summed E-state index contributed by atoms with van der Waals surface area (Å²) in [5.41, 5.74) is 1.28. The van der Waals surface area contributed by atoms with Gasteiger partial charge in [-0.2, -0.15) is 0 Å². The van der Waals surface area contributed by atoms with Crippen molar-refractivity contribution < 1.29 is 14.3 Å². The fraction of sp³-hybridized carbons (Fsp3) is 0.368. The molecule has 2 N–H and O–H groups in total. The lowest BCUT2D eigenvalue weighted by molar-refractivity contribution is 0.0600. The molecule has 2 aromatic rings. The number of amides is 1. The molecule has 136 valence electrons. The van der Waals surface area contributed by atoms with Crippen molar-refractivity contribution in [2.45, 2.75) is 38.1 Å². The molecule has 1 amide bonds. The maximum Gasteiger partial charge on any atom is 0.337 e. The summed E-state index contributed by atoms with van der Waals surface area (Å²) < 4.78 is 4.65. The Balaban J connectivity index is 1.64. The second-order valence-corrected chi connectivity index (χ2v) is 6.29. The lowest BCUT2D eigenvalue weighted by Gasteiger charge is -2.23. The van der Waals surface area contributed by atoms with Gasteiger partial charge >= 0.3 is 5.97 Å². The summed E-state index contributed by atoms with van der Waals surface area (Å²) >= 11 is 0. The van der Waals surface area contributed by atoms with E-state index in [0.29, 0.717) is 23.1 Å². The zero-order chi connectivity index (χ0) is 18.4. The van der Waals surface area contributed by atoms with Gasteiger partial charge in [-0.3, -0.25) is 4.79 Å². The van der Waals surface area contributed by atoms with Gasteiger partial charge in [-0.15, -0.1) is 0 Å². The van der Waals surface area contributed by atoms with Gasteiger partial charge in [-0.1, -0.05) is 19.3 Å². The van der Waals surface area contributed by atoms with E-state index in [1.807, 2.05) is 0 Å². The number of anilines is 2. The molecule has 26 heavy (non-hydrogen) atoms. The number of hydrogen-bond acceptors (Lipinski definition) is 6. The maximum absolute atomic E-state index is 12.4. The molecule has 1 aromatic heterocycles. The Hall–Kier alpha value is -2.96. The molecule has 0 bridgehead atoms. The van der Waals surface area contributed by atoms with Crippen LogP contribution in [0.3, 0.4) is 0 Å². The minimum Gasteiger partial charge on any atom is -0.465 e. The standard InChI is InChI=1S/C19H22N4O3/c1-26-19(25)13-7-9-15(10-8-13)23-18(24)16-11-17(21-12-20-16)22-14-5-3-2-4-6-14/h7-12,14H,2-6H2,1H3,(H,23,24)(H,20,21,22). The third-order valence-electron chi connectivity index (χ3n) is 4.42. The number of aromatic nitrogens is 2. The molecule has 0 radical (unpaired) electrons. The Morgan fingerprint density at radius 3 is 2.50 bits per heavy atom. The van der Waals surface area contributed by atoms with Crippen LogP contribution >= 0.6 is 0 Å². The SMILES string of the molecule is COC(=O)c1ccc(NC(=O)c2cc(NC3CCCCC3)ncn2)cc1. The number of esters is 1. The summed E-state index contributed by atoms with van der Waals surface area (Å²) in [5.74, 6) is -0.0832. The molecule has 0 aliphatic heterocycles. The first-order valence-corrected chi connectivity index (χ1v) is 8.74. The molecule has 3 rings (SSSR count). The quantitative estimate of drug-likeness (QED) is 0.801. The number of nitrogens with one attached hydrogen (secondary N) is 2. The van der Waals surface area contributed by atoms with Gasteiger partial charge in [0.2, 0.25) is 0 Å². The van der Waals surface area contributed by atoms with E-state index in [9.17, 15) is 9.59 Å². The van der Waals surface area contributed by atoms with Gasteiger partial charge in [-0.05, 0) is 37.1 Å². The van der Waals surface area contributed by atoms with Crippen LogP contribution in [0.5, 0.6) is 0 Å². The molecular weight excluding hydrogens is 332 g/mol. The topological polar surface area (TPSA) is 93.2 Å². The zero-order valence-electron chi connectivity index (χ0n) is 14.7. The van der Waals surface area contributed by atoms with E-state index in [1.165, 1.54) is 32.7 Å². The van der Waals surface area contributed by atoms with Crippen LogP contribution in [0.1, 0.15) is 53.0 Å². The predicted octanol–water partition coefficient (Wildman–Crippen LogP) is 3.26. The largest absolute Gasteiger partial charge is 0.465 e. The van der Waals surface area contributed by atoms with Crippen molar-refractivity contribution in [1.82, 2.24) is 9.97 Å². The van der Waals surface area contributed by atoms with Crippen molar-refractivity contribution in [1.29, 1.82) is 0 Å². The summed E-state index contributed by atoms with van der Waals surface area (Å²) in [4.78, 5) is 32.1. The van der Waals surface area contributed by atoms with Crippen molar-refractivity contribution in [2.75, 3.05) is 17.7 Å². The van der Waals surface area contributed by atoms with E-state index in [4.69, 9.17) is 0 Å². The van der Waals surface area contributed by atoms with Crippen LogP contribution in [-0.4, -0.2) is 35.0 Å². The minimum absolute atomic E-state index is 0.287. The summed E-state index contributed by atoms with van der Waals surface area (Å²) in [6, 6.07) is 8.54. The highest BCUT2D eigenvalue weighted by Gasteiger charge is 2.15. The Bertz CT molecular complexity index is 771. The van der Waals surface area contributed by atoms with Crippen LogP contribution in [0.15, 0.2) is 36.7 Å². The van der Waals surface area contributed by atoms with Gasteiger partial charge in [0.25, 0.3) is 5.91 Å². The molecule has 0 spiro atoms. The van der Waals surface area contributed by atoms with Gasteiger partial charge < -0.3 is 15.4 Å². The second kappa shape index (κ2) is 8.42. The highest BCUT2D eigenvalue weighted by Crippen LogP contribution is 2.21. The van der Waals surface area contributed by atoms with E-state index in [2.05, 4.69) is 25.3 Å². The smallest absolute Gasteiger partial charge is 0.337 e. The molecule has 1 heterocycles. The Morgan fingerprint density at radius 1 is 1.08 bits per heavy atom. The third-order valence-corrected chi connectivity index (χ3v) is 4.42. The number of carbonyl (C=O) groups is 2. The molecule has 0 saturated heterocycles. The van der Waals surface area contributed by atoms with Crippen molar-refractivity contribution in [3.05, 3.63) is 47.9 Å². The minimum atomic E-state index is -0.419. The molecule has 0 atom stereocenters. The summed E-state index contributed by atoms with van der Waals surface area (Å²) in [6.07, 6.45) is 7.36. The van der Waals surface area contributed by atoms with Crippen LogP contribution in [0.2, 0.25) is 0 Å². The third kappa shape index (κ3) is 4.56.